The lowest BCUT2D eigenvalue weighted by molar-refractivity contribution is 0.670. The Labute approximate surface area is 278 Å². The highest BCUT2D eigenvalue weighted by atomic mass is 28.3. The van der Waals surface area contributed by atoms with E-state index in [-0.39, 0.29) is 0 Å². The number of rotatable bonds is 3. The smallest absolute Gasteiger partial charge is 0.164 e. The molecule has 1 aliphatic rings. The maximum absolute atomic E-state index is 6.79. The number of para-hydroxylation sites is 1. The predicted molar refractivity (Wildman–Crippen MR) is 201 cm³/mol. The number of hydrogen-bond acceptors (Lipinski definition) is 4. The van der Waals surface area contributed by atoms with E-state index >= 15 is 0 Å². The molecule has 0 radical (unpaired) electrons. The highest BCUT2D eigenvalue weighted by Gasteiger charge is 2.40. The molecule has 0 saturated heterocycles. The lowest BCUT2D eigenvalue weighted by Crippen LogP contribution is -2.49. The Kier molecular flexibility index (Phi) is 5.70. The molecule has 48 heavy (non-hydrogen) atoms. The molecule has 7 aromatic carbocycles. The van der Waals surface area contributed by atoms with Crippen LogP contribution in [0.2, 0.25) is 13.1 Å². The van der Waals surface area contributed by atoms with Crippen molar-refractivity contribution in [2.24, 2.45) is 0 Å². The summed E-state index contributed by atoms with van der Waals surface area (Å²) in [5, 5.41) is 9.56. The molecule has 0 N–H and O–H groups in total. The van der Waals surface area contributed by atoms with Gasteiger partial charge in [-0.15, -0.1) is 0 Å². The van der Waals surface area contributed by atoms with Gasteiger partial charge in [0.25, 0.3) is 0 Å². The molecule has 0 atom stereocenters. The van der Waals surface area contributed by atoms with E-state index in [1.807, 2.05) is 24.3 Å². The van der Waals surface area contributed by atoms with Gasteiger partial charge in [0.1, 0.15) is 19.2 Å². The minimum absolute atomic E-state index is 0.647. The molecule has 3 heterocycles. The quantitative estimate of drug-likeness (QED) is 0.144. The van der Waals surface area contributed by atoms with E-state index < -0.39 is 8.07 Å². The highest BCUT2D eigenvalue weighted by molar-refractivity contribution is 7.04. The van der Waals surface area contributed by atoms with Crippen LogP contribution in [0.5, 0.6) is 0 Å². The molecule has 0 spiro atoms. The van der Waals surface area contributed by atoms with Crippen molar-refractivity contribution in [2.75, 3.05) is 0 Å². The van der Waals surface area contributed by atoms with Gasteiger partial charge in [-0.25, -0.2) is 15.0 Å². The van der Waals surface area contributed by atoms with E-state index in [2.05, 4.69) is 128 Å². The van der Waals surface area contributed by atoms with Gasteiger partial charge in [0.15, 0.2) is 17.5 Å². The van der Waals surface area contributed by atoms with Crippen LogP contribution in [0.3, 0.4) is 0 Å². The Bertz CT molecular complexity index is 2770. The summed E-state index contributed by atoms with van der Waals surface area (Å²) in [6.07, 6.45) is 0. The van der Waals surface area contributed by atoms with Crippen LogP contribution in [-0.2, 0) is 0 Å². The van der Waals surface area contributed by atoms with E-state index in [4.69, 9.17) is 19.4 Å². The van der Waals surface area contributed by atoms with Crippen molar-refractivity contribution >= 4 is 61.9 Å². The molecule has 0 bridgehead atoms. The molecule has 10 rings (SSSR count). The van der Waals surface area contributed by atoms with Crippen LogP contribution in [0.15, 0.2) is 144 Å². The summed E-state index contributed by atoms with van der Waals surface area (Å²) in [6.45, 7) is 4.87. The van der Waals surface area contributed by atoms with Gasteiger partial charge in [0.05, 0.1) is 0 Å². The number of benzene rings is 7. The average Bonchev–Trinajstić information content (AvgIpc) is 3.64. The Morgan fingerprint density at radius 2 is 1.10 bits per heavy atom. The minimum Gasteiger partial charge on any atom is -0.455 e. The third-order valence-electron chi connectivity index (χ3n) is 10.1. The topological polar surface area (TPSA) is 51.8 Å². The van der Waals surface area contributed by atoms with Gasteiger partial charge >= 0.3 is 0 Å². The maximum Gasteiger partial charge on any atom is 0.164 e. The van der Waals surface area contributed by atoms with Crippen molar-refractivity contribution in [3.8, 4) is 45.3 Å². The minimum atomic E-state index is -2.06. The molecule has 1 aliphatic heterocycles. The van der Waals surface area contributed by atoms with Crippen LogP contribution < -0.4 is 10.4 Å². The third kappa shape index (κ3) is 3.85. The molecule has 2 aromatic heterocycles. The van der Waals surface area contributed by atoms with E-state index in [9.17, 15) is 0 Å². The first-order valence-electron chi connectivity index (χ1n) is 16.4. The molecular weight excluding hydrogens is 603 g/mol. The lowest BCUT2D eigenvalue weighted by Gasteiger charge is -2.19. The van der Waals surface area contributed by atoms with Crippen molar-refractivity contribution in [2.45, 2.75) is 13.1 Å². The second-order valence-corrected chi connectivity index (χ2v) is 17.5. The van der Waals surface area contributed by atoms with Crippen LogP contribution in [-0.4, -0.2) is 23.0 Å². The van der Waals surface area contributed by atoms with Crippen LogP contribution in [0.4, 0.5) is 0 Å². The van der Waals surface area contributed by atoms with Crippen LogP contribution in [0, 0.1) is 0 Å². The fourth-order valence-corrected chi connectivity index (χ4v) is 10.9. The van der Waals surface area contributed by atoms with Gasteiger partial charge in [-0.05, 0) is 55.7 Å². The second-order valence-electron chi connectivity index (χ2n) is 13.2. The zero-order valence-electron chi connectivity index (χ0n) is 26.5. The van der Waals surface area contributed by atoms with E-state index in [1.54, 1.807) is 0 Å². The first-order chi connectivity index (χ1) is 23.6. The molecular formula is C43H29N3OSi. The maximum atomic E-state index is 6.79. The van der Waals surface area contributed by atoms with Crippen LogP contribution >= 0.6 is 0 Å². The molecule has 0 aliphatic carbocycles. The highest BCUT2D eigenvalue weighted by Crippen LogP contribution is 2.44. The Hall–Kier alpha value is -5.91. The number of nitrogens with zero attached hydrogens (tertiary/aromatic N) is 3. The van der Waals surface area contributed by atoms with E-state index in [1.165, 1.54) is 32.3 Å². The summed E-state index contributed by atoms with van der Waals surface area (Å²) in [5.41, 5.74) is 7.19. The van der Waals surface area contributed by atoms with Gasteiger partial charge < -0.3 is 4.42 Å². The number of fused-ring (bicyclic) bond motifs is 10. The molecule has 5 heteroatoms. The SMILES string of the molecule is C[Si]1(C)c2ccccc2-c2c1cc(-c1nc(-c3ccccc3)nc(-c3cc4ccccc4c4ccccc34)n1)c1c2oc2ccccc21. The lowest BCUT2D eigenvalue weighted by atomic mass is 9.96. The van der Waals surface area contributed by atoms with Crippen LogP contribution in [0.25, 0.3) is 88.8 Å². The fraction of sp³-hybridized carbons (Fsp3) is 0.0465. The molecule has 9 aromatic rings. The van der Waals surface area contributed by atoms with Crippen LogP contribution in [0.1, 0.15) is 0 Å². The van der Waals surface area contributed by atoms with Gasteiger partial charge in [-0.3, -0.25) is 0 Å². The zero-order chi connectivity index (χ0) is 32.0. The number of furan rings is 1. The predicted octanol–water partition coefficient (Wildman–Crippen LogP) is 9.88. The Morgan fingerprint density at radius 1 is 0.479 bits per heavy atom. The summed E-state index contributed by atoms with van der Waals surface area (Å²) in [5.74, 6) is 1.95. The van der Waals surface area contributed by atoms with Gasteiger partial charge in [0, 0.05) is 33.0 Å². The molecule has 0 saturated carbocycles. The largest absolute Gasteiger partial charge is 0.455 e. The number of hydrogen-bond donors (Lipinski definition) is 0. The Balaban J connectivity index is 1.33. The average molecular weight is 632 g/mol. The Morgan fingerprint density at radius 3 is 1.94 bits per heavy atom. The zero-order valence-corrected chi connectivity index (χ0v) is 27.5. The summed E-state index contributed by atoms with van der Waals surface area (Å²) in [4.78, 5) is 15.8. The van der Waals surface area contributed by atoms with Crippen molar-refractivity contribution < 1.29 is 4.42 Å². The summed E-state index contributed by atoms with van der Waals surface area (Å²) in [7, 11) is -2.06. The molecule has 0 unspecified atom stereocenters. The van der Waals surface area contributed by atoms with Crippen molar-refractivity contribution in [1.29, 1.82) is 0 Å². The first kappa shape index (κ1) is 27.2. The molecule has 0 amide bonds. The van der Waals surface area contributed by atoms with E-state index in [0.29, 0.717) is 17.5 Å². The number of aromatic nitrogens is 3. The van der Waals surface area contributed by atoms with E-state index in [0.717, 1.165) is 49.4 Å². The van der Waals surface area contributed by atoms with Gasteiger partial charge in [-0.2, -0.15) is 0 Å². The molecule has 226 valence electrons. The van der Waals surface area contributed by atoms with Crippen molar-refractivity contribution in [3.05, 3.63) is 140 Å². The third-order valence-corrected chi connectivity index (χ3v) is 13.6. The summed E-state index contributed by atoms with van der Waals surface area (Å²) >= 11 is 0. The van der Waals surface area contributed by atoms with Gasteiger partial charge in [0.2, 0.25) is 0 Å². The molecule has 0 fully saturated rings. The molecule has 4 nitrogen and oxygen atoms in total. The second kappa shape index (κ2) is 10.0. The fourth-order valence-electron chi connectivity index (χ4n) is 7.80. The van der Waals surface area contributed by atoms with Crippen molar-refractivity contribution in [3.63, 3.8) is 0 Å². The normalized spacial score (nSPS) is 13.4. The summed E-state index contributed by atoms with van der Waals surface area (Å²) < 4.78 is 6.79. The van der Waals surface area contributed by atoms with Gasteiger partial charge in [-0.1, -0.05) is 134 Å². The van der Waals surface area contributed by atoms with Crippen molar-refractivity contribution in [1.82, 2.24) is 15.0 Å². The monoisotopic (exact) mass is 631 g/mol. The summed E-state index contributed by atoms with van der Waals surface area (Å²) in [6, 6.07) is 49.1. The first-order valence-corrected chi connectivity index (χ1v) is 19.4. The standard InChI is InChI=1S/C43H29N3OSi/c1-48(2)36-23-13-11-21-32(36)39-37(48)25-34(38-31-20-10-12-22-35(31)47-40(38)39)43-45-41(26-14-4-3-5-15-26)44-42(46-43)33-24-27-16-6-7-17-28(27)29-18-8-9-19-30(29)33/h3-25H,1-2H3.